The fraction of sp³-hybridized carbons (Fsp3) is 0.167. The van der Waals surface area contributed by atoms with Crippen LogP contribution in [0, 0.1) is 6.92 Å². The maximum atomic E-state index is 6.12. The van der Waals surface area contributed by atoms with Crippen molar-refractivity contribution in [2.45, 2.75) is 6.92 Å². The van der Waals surface area contributed by atoms with E-state index in [1.165, 1.54) is 0 Å². The predicted molar refractivity (Wildman–Crippen MR) is 70.7 cm³/mol. The molecule has 2 N–H and O–H groups in total. The van der Waals surface area contributed by atoms with Crippen LogP contribution in [0.3, 0.4) is 0 Å². The largest absolute Gasteiger partial charge is 0.382 e. The van der Waals surface area contributed by atoms with Gasteiger partial charge in [0.2, 0.25) is 0 Å². The molecule has 0 radical (unpaired) electrons. The Labute approximate surface area is 105 Å². The lowest BCUT2D eigenvalue weighted by Crippen LogP contribution is -2.14. The van der Waals surface area contributed by atoms with E-state index in [1.807, 2.05) is 42.3 Å². The number of halogens is 1. The summed E-state index contributed by atoms with van der Waals surface area (Å²) < 4.78 is 0. The maximum absolute atomic E-state index is 6.12. The Morgan fingerprint density at radius 2 is 1.82 bits per heavy atom. The Balaban J connectivity index is 2.48. The van der Waals surface area contributed by atoms with Gasteiger partial charge in [-0.25, -0.2) is 9.97 Å². The van der Waals surface area contributed by atoms with E-state index in [9.17, 15) is 0 Å². The van der Waals surface area contributed by atoms with Crippen molar-refractivity contribution in [3.8, 4) is 0 Å². The van der Waals surface area contributed by atoms with Gasteiger partial charge < -0.3 is 10.6 Å². The Bertz CT molecular complexity index is 528. The minimum Gasteiger partial charge on any atom is -0.382 e. The molecule has 0 aliphatic carbocycles. The lowest BCUT2D eigenvalue weighted by atomic mass is 10.3. The van der Waals surface area contributed by atoms with E-state index in [2.05, 4.69) is 9.97 Å². The number of nitrogens with two attached hydrogens (primary N) is 1. The summed E-state index contributed by atoms with van der Waals surface area (Å²) in [5, 5.41) is 0.377. The summed E-state index contributed by atoms with van der Waals surface area (Å²) in [6.45, 7) is 1.79. The summed E-state index contributed by atoms with van der Waals surface area (Å²) in [7, 11) is 1.89. The first-order valence-corrected chi connectivity index (χ1v) is 5.56. The van der Waals surface area contributed by atoms with E-state index < -0.39 is 0 Å². The third-order valence-electron chi connectivity index (χ3n) is 2.43. The zero-order valence-electron chi connectivity index (χ0n) is 9.68. The molecule has 17 heavy (non-hydrogen) atoms. The Kier molecular flexibility index (Phi) is 3.15. The fourth-order valence-electron chi connectivity index (χ4n) is 1.56. The monoisotopic (exact) mass is 248 g/mol. The molecule has 1 aromatic heterocycles. The first-order valence-electron chi connectivity index (χ1n) is 5.18. The van der Waals surface area contributed by atoms with E-state index in [4.69, 9.17) is 17.3 Å². The van der Waals surface area contributed by atoms with Crippen molar-refractivity contribution < 1.29 is 0 Å². The maximum Gasteiger partial charge on any atom is 0.157 e. The number of anilines is 3. The summed E-state index contributed by atoms with van der Waals surface area (Å²) in [4.78, 5) is 10.2. The molecule has 0 bridgehead atoms. The minimum atomic E-state index is 0.303. The molecule has 0 atom stereocenters. The summed E-state index contributed by atoms with van der Waals surface area (Å²) in [6, 6.07) is 9.82. The van der Waals surface area contributed by atoms with Crippen molar-refractivity contribution in [1.82, 2.24) is 9.97 Å². The van der Waals surface area contributed by atoms with Gasteiger partial charge in [-0.05, 0) is 19.1 Å². The van der Waals surface area contributed by atoms with E-state index in [0.29, 0.717) is 22.5 Å². The molecule has 0 saturated heterocycles. The second kappa shape index (κ2) is 4.59. The number of aryl methyl sites for hydroxylation is 1. The second-order valence-electron chi connectivity index (χ2n) is 3.69. The van der Waals surface area contributed by atoms with Crippen LogP contribution in [-0.4, -0.2) is 17.0 Å². The van der Waals surface area contributed by atoms with Crippen LogP contribution >= 0.6 is 11.6 Å². The first kappa shape index (κ1) is 11.7. The van der Waals surface area contributed by atoms with Gasteiger partial charge in [0.05, 0.1) is 0 Å². The highest BCUT2D eigenvalue weighted by atomic mass is 35.5. The molecule has 0 fully saturated rings. The molecule has 5 heteroatoms. The molecule has 0 aliphatic rings. The van der Waals surface area contributed by atoms with Crippen molar-refractivity contribution in [2.24, 2.45) is 0 Å². The predicted octanol–water partition coefficient (Wildman–Crippen LogP) is 2.79. The van der Waals surface area contributed by atoms with Crippen LogP contribution in [-0.2, 0) is 0 Å². The van der Waals surface area contributed by atoms with Crippen LogP contribution in [0.5, 0.6) is 0 Å². The summed E-state index contributed by atoms with van der Waals surface area (Å²) in [6.07, 6.45) is 0. The second-order valence-corrected chi connectivity index (χ2v) is 4.07. The number of hydrogen-bond acceptors (Lipinski definition) is 4. The molecule has 1 heterocycles. The first-order chi connectivity index (χ1) is 8.09. The van der Waals surface area contributed by atoms with Crippen molar-refractivity contribution in [1.29, 1.82) is 0 Å². The Morgan fingerprint density at radius 3 is 2.47 bits per heavy atom. The summed E-state index contributed by atoms with van der Waals surface area (Å²) >= 11 is 6.12. The average molecular weight is 249 g/mol. The SMILES string of the molecule is Cc1nc(N)c(Cl)c(N(C)c2ccccc2)n1. The van der Waals surface area contributed by atoms with Crippen LogP contribution in [0.15, 0.2) is 30.3 Å². The lowest BCUT2D eigenvalue weighted by Gasteiger charge is -2.20. The zero-order valence-corrected chi connectivity index (χ0v) is 10.4. The number of aromatic nitrogens is 2. The lowest BCUT2D eigenvalue weighted by molar-refractivity contribution is 1.02. The third kappa shape index (κ3) is 2.31. The van der Waals surface area contributed by atoms with Crippen molar-refractivity contribution >= 4 is 28.9 Å². The van der Waals surface area contributed by atoms with Gasteiger partial charge in [-0.2, -0.15) is 0 Å². The Morgan fingerprint density at radius 1 is 1.18 bits per heavy atom. The molecule has 0 aliphatic heterocycles. The number of hydrogen-bond donors (Lipinski definition) is 1. The third-order valence-corrected chi connectivity index (χ3v) is 2.80. The zero-order chi connectivity index (χ0) is 12.4. The van der Waals surface area contributed by atoms with Crippen molar-refractivity contribution in [3.05, 3.63) is 41.2 Å². The van der Waals surface area contributed by atoms with Crippen LogP contribution in [0.4, 0.5) is 17.3 Å². The summed E-state index contributed by atoms with van der Waals surface area (Å²) in [5.41, 5.74) is 6.72. The van der Waals surface area contributed by atoms with Crippen LogP contribution < -0.4 is 10.6 Å². The normalized spacial score (nSPS) is 10.3. The number of rotatable bonds is 2. The van der Waals surface area contributed by atoms with Crippen LogP contribution in [0.25, 0.3) is 0 Å². The van der Waals surface area contributed by atoms with Gasteiger partial charge >= 0.3 is 0 Å². The molecule has 0 amide bonds. The molecule has 2 aromatic rings. The van der Waals surface area contributed by atoms with Gasteiger partial charge in [0.1, 0.15) is 16.7 Å². The Hall–Kier alpha value is -1.81. The molecule has 0 spiro atoms. The van der Waals surface area contributed by atoms with E-state index in [-0.39, 0.29) is 0 Å². The molecule has 2 rings (SSSR count). The standard InChI is InChI=1S/C12H13ClN4/c1-8-15-11(14)10(13)12(16-8)17(2)9-6-4-3-5-7-9/h3-7H,1-2H3,(H2,14,15,16). The highest BCUT2D eigenvalue weighted by Crippen LogP contribution is 2.31. The molecule has 0 unspecified atom stereocenters. The van der Waals surface area contributed by atoms with E-state index >= 15 is 0 Å². The smallest absolute Gasteiger partial charge is 0.157 e. The molecule has 0 saturated carbocycles. The van der Waals surface area contributed by atoms with Crippen LogP contribution in [0.1, 0.15) is 5.82 Å². The summed E-state index contributed by atoms with van der Waals surface area (Å²) in [5.74, 6) is 1.52. The van der Waals surface area contributed by atoms with Gasteiger partial charge in [0.15, 0.2) is 5.82 Å². The molecule has 4 nitrogen and oxygen atoms in total. The molecule has 88 valence electrons. The van der Waals surface area contributed by atoms with Crippen LogP contribution in [0.2, 0.25) is 5.02 Å². The van der Waals surface area contributed by atoms with Gasteiger partial charge in [-0.15, -0.1) is 0 Å². The number of nitrogens with zero attached hydrogens (tertiary/aromatic N) is 3. The van der Waals surface area contributed by atoms with Gasteiger partial charge in [0.25, 0.3) is 0 Å². The number of para-hydroxylation sites is 1. The van der Waals surface area contributed by atoms with E-state index in [0.717, 1.165) is 5.69 Å². The van der Waals surface area contributed by atoms with Crippen molar-refractivity contribution in [3.63, 3.8) is 0 Å². The quantitative estimate of drug-likeness (QED) is 0.888. The number of nitrogen functional groups attached to an aromatic ring is 1. The van der Waals surface area contributed by atoms with E-state index in [1.54, 1.807) is 6.92 Å². The van der Waals surface area contributed by atoms with Gasteiger partial charge in [0, 0.05) is 12.7 Å². The molecule has 1 aromatic carbocycles. The number of benzene rings is 1. The average Bonchev–Trinajstić information content (AvgIpc) is 2.34. The molecular weight excluding hydrogens is 236 g/mol. The minimum absolute atomic E-state index is 0.303. The molecular formula is C12H13ClN4. The highest BCUT2D eigenvalue weighted by Gasteiger charge is 2.13. The van der Waals surface area contributed by atoms with Crippen molar-refractivity contribution in [2.75, 3.05) is 17.7 Å². The van der Waals surface area contributed by atoms with Gasteiger partial charge in [-0.3, -0.25) is 0 Å². The fourth-order valence-corrected chi connectivity index (χ4v) is 1.77. The van der Waals surface area contributed by atoms with Gasteiger partial charge in [-0.1, -0.05) is 29.8 Å². The topological polar surface area (TPSA) is 55.0 Å². The highest BCUT2D eigenvalue weighted by molar-refractivity contribution is 6.35.